The smallest absolute Gasteiger partial charge is 0.257 e. The van der Waals surface area contributed by atoms with Crippen LogP contribution in [0.4, 0.5) is 0 Å². The molecule has 120 valence electrons. The monoisotopic (exact) mass is 345 g/mol. The molecule has 7 nitrogen and oxygen atoms in total. The second-order valence-electron chi connectivity index (χ2n) is 5.25. The molecule has 0 aromatic carbocycles. The van der Waals surface area contributed by atoms with Gasteiger partial charge in [0.05, 0.1) is 6.20 Å². The first kappa shape index (κ1) is 15.5. The zero-order valence-corrected chi connectivity index (χ0v) is 13.4. The molecule has 1 aromatic heterocycles. The van der Waals surface area contributed by atoms with Crippen molar-refractivity contribution in [1.82, 2.24) is 14.6 Å². The van der Waals surface area contributed by atoms with Gasteiger partial charge in [0.25, 0.3) is 5.88 Å². The van der Waals surface area contributed by atoms with Crippen molar-refractivity contribution in [3.05, 3.63) is 23.4 Å². The van der Waals surface area contributed by atoms with Crippen LogP contribution in [0.2, 0.25) is 0 Å². The first-order chi connectivity index (χ1) is 10.1. The van der Waals surface area contributed by atoms with Crippen LogP contribution in [-0.4, -0.2) is 57.1 Å². The van der Waals surface area contributed by atoms with E-state index in [0.29, 0.717) is 37.9 Å². The molecule has 1 N–H and O–H groups in total. The predicted molar refractivity (Wildman–Crippen MR) is 81.1 cm³/mol. The van der Waals surface area contributed by atoms with E-state index in [2.05, 4.69) is 10.3 Å². The third kappa shape index (κ3) is 2.45. The highest BCUT2D eigenvalue weighted by Gasteiger charge is 2.34. The predicted octanol–water partition coefficient (Wildman–Crippen LogP) is 0.179. The van der Waals surface area contributed by atoms with E-state index >= 15 is 0 Å². The van der Waals surface area contributed by atoms with Gasteiger partial charge >= 0.3 is 0 Å². The number of hydrogen-bond acceptors (Lipinski definition) is 6. The van der Waals surface area contributed by atoms with Crippen molar-refractivity contribution in [3.63, 3.8) is 0 Å². The molecule has 0 fully saturated rings. The summed E-state index contributed by atoms with van der Waals surface area (Å²) in [7, 11) is -3.55. The molecule has 9 heteroatoms. The molecule has 22 heavy (non-hydrogen) atoms. The van der Waals surface area contributed by atoms with Crippen molar-refractivity contribution in [3.8, 4) is 11.6 Å². The van der Waals surface area contributed by atoms with Crippen molar-refractivity contribution in [2.75, 3.05) is 39.4 Å². The van der Waals surface area contributed by atoms with Crippen LogP contribution in [0.25, 0.3) is 0 Å². The molecule has 0 spiro atoms. The van der Waals surface area contributed by atoms with Crippen molar-refractivity contribution in [2.24, 2.45) is 0 Å². The fraction of sp³-hybridized carbons (Fsp3) is 0.462. The minimum Gasteiger partial charge on any atom is -0.484 e. The summed E-state index contributed by atoms with van der Waals surface area (Å²) in [6.07, 6.45) is 1.34. The second kappa shape index (κ2) is 5.69. The van der Waals surface area contributed by atoms with Gasteiger partial charge in [0.15, 0.2) is 5.75 Å². The molecule has 1 aromatic rings. The van der Waals surface area contributed by atoms with Gasteiger partial charge in [0.1, 0.15) is 18.1 Å². The maximum absolute atomic E-state index is 12.7. The van der Waals surface area contributed by atoms with Gasteiger partial charge in [-0.1, -0.05) is 0 Å². The minimum atomic E-state index is -3.55. The van der Waals surface area contributed by atoms with E-state index < -0.39 is 10.0 Å². The van der Waals surface area contributed by atoms with E-state index in [9.17, 15) is 8.42 Å². The molecule has 0 amide bonds. The normalized spacial score (nSPS) is 20.7. The zero-order valence-electron chi connectivity index (χ0n) is 11.7. The Balaban J connectivity index is 0.00000144. The largest absolute Gasteiger partial charge is 0.484 e. The summed E-state index contributed by atoms with van der Waals surface area (Å²) in [5.41, 5.74) is 2.37. The van der Waals surface area contributed by atoms with E-state index in [4.69, 9.17) is 9.47 Å². The van der Waals surface area contributed by atoms with Crippen LogP contribution < -0.4 is 14.8 Å². The Labute approximate surface area is 134 Å². The van der Waals surface area contributed by atoms with E-state index in [1.807, 2.05) is 0 Å². The number of rotatable bonds is 2. The zero-order chi connectivity index (χ0) is 14.4. The molecule has 0 bridgehead atoms. The molecule has 0 unspecified atom stereocenters. The number of nitrogens with one attached hydrogen (secondary N) is 1. The minimum absolute atomic E-state index is 0. The molecule has 0 saturated heterocycles. The van der Waals surface area contributed by atoms with Gasteiger partial charge in [-0.2, -0.15) is 4.31 Å². The average Bonchev–Trinajstić information content (AvgIpc) is 3.08. The molecule has 4 heterocycles. The maximum atomic E-state index is 12.7. The van der Waals surface area contributed by atoms with Crippen LogP contribution in [0, 0.1) is 0 Å². The third-order valence-corrected chi connectivity index (χ3v) is 5.68. The van der Waals surface area contributed by atoms with Crippen molar-refractivity contribution in [2.45, 2.75) is 4.90 Å². The van der Waals surface area contributed by atoms with Crippen molar-refractivity contribution < 1.29 is 17.9 Å². The number of nitrogens with zero attached hydrogens (tertiary/aromatic N) is 2. The molecule has 4 rings (SSSR count). The summed E-state index contributed by atoms with van der Waals surface area (Å²) in [5.74, 6) is 0.745. The number of pyridine rings is 1. The fourth-order valence-electron chi connectivity index (χ4n) is 2.81. The molecule has 0 atom stereocenters. The van der Waals surface area contributed by atoms with Gasteiger partial charge in [-0.3, -0.25) is 0 Å². The topological polar surface area (TPSA) is 80.8 Å². The Kier molecular flexibility index (Phi) is 4.02. The van der Waals surface area contributed by atoms with Gasteiger partial charge in [-0.25, -0.2) is 13.4 Å². The molecular formula is C13H16ClN3O4S. The van der Waals surface area contributed by atoms with Gasteiger partial charge in [-0.05, 0) is 11.1 Å². The van der Waals surface area contributed by atoms with Crippen LogP contribution >= 0.6 is 12.4 Å². The van der Waals surface area contributed by atoms with Gasteiger partial charge < -0.3 is 14.8 Å². The SMILES string of the molecule is Cl.O=S(=O)(c1cnc2c(c1)OCCO2)N1CC2=C(CNC2)C1. The number of sulfonamides is 1. The molecule has 0 aliphatic carbocycles. The molecule has 3 aliphatic heterocycles. The highest BCUT2D eigenvalue weighted by atomic mass is 35.5. The fourth-order valence-corrected chi connectivity index (χ4v) is 4.20. The summed E-state index contributed by atoms with van der Waals surface area (Å²) in [6.45, 7) is 3.31. The Morgan fingerprint density at radius 3 is 2.55 bits per heavy atom. The van der Waals surface area contributed by atoms with E-state index in [1.165, 1.54) is 27.7 Å². The van der Waals surface area contributed by atoms with Crippen molar-refractivity contribution in [1.29, 1.82) is 0 Å². The summed E-state index contributed by atoms with van der Waals surface area (Å²) >= 11 is 0. The Bertz CT molecular complexity index is 719. The quantitative estimate of drug-likeness (QED) is 0.770. The highest BCUT2D eigenvalue weighted by molar-refractivity contribution is 7.89. The second-order valence-corrected chi connectivity index (χ2v) is 7.19. The van der Waals surface area contributed by atoms with E-state index in [1.54, 1.807) is 0 Å². The van der Waals surface area contributed by atoms with Crippen molar-refractivity contribution >= 4 is 22.4 Å². The molecular weight excluding hydrogens is 330 g/mol. The van der Waals surface area contributed by atoms with Crippen LogP contribution in [0.15, 0.2) is 28.3 Å². The van der Waals surface area contributed by atoms with Gasteiger partial charge in [0.2, 0.25) is 10.0 Å². The number of halogens is 1. The summed E-state index contributed by atoms with van der Waals surface area (Å²) in [6, 6.07) is 1.50. The van der Waals surface area contributed by atoms with E-state index in [-0.39, 0.29) is 17.3 Å². The average molecular weight is 346 g/mol. The van der Waals surface area contributed by atoms with Crippen LogP contribution in [0.3, 0.4) is 0 Å². The lowest BCUT2D eigenvalue weighted by Gasteiger charge is -2.20. The number of fused-ring (bicyclic) bond motifs is 1. The van der Waals surface area contributed by atoms with Gasteiger partial charge in [-0.15, -0.1) is 12.4 Å². The summed E-state index contributed by atoms with van der Waals surface area (Å²) in [4.78, 5) is 4.20. The van der Waals surface area contributed by atoms with Crippen LogP contribution in [-0.2, 0) is 10.0 Å². The molecule has 0 radical (unpaired) electrons. The summed E-state index contributed by atoms with van der Waals surface area (Å²) < 4.78 is 37.6. The highest BCUT2D eigenvalue weighted by Crippen LogP contribution is 2.32. The van der Waals surface area contributed by atoms with Gasteiger partial charge in [0, 0.05) is 32.2 Å². The first-order valence-electron chi connectivity index (χ1n) is 6.81. The third-order valence-electron chi connectivity index (χ3n) is 3.92. The lowest BCUT2D eigenvalue weighted by molar-refractivity contribution is 0.163. The number of hydrogen-bond donors (Lipinski definition) is 1. The van der Waals surface area contributed by atoms with Crippen LogP contribution in [0.1, 0.15) is 0 Å². The standard InChI is InChI=1S/C13H15N3O4S.ClH/c17-21(18,16-7-9-4-14-5-10(9)8-16)11-3-12-13(15-6-11)20-2-1-19-12;/h3,6,14H,1-2,4-5,7-8H2;1H. The molecule has 3 aliphatic rings. The Morgan fingerprint density at radius 2 is 1.82 bits per heavy atom. The van der Waals surface area contributed by atoms with E-state index in [0.717, 1.165) is 13.1 Å². The molecule has 0 saturated carbocycles. The lowest BCUT2D eigenvalue weighted by atomic mass is 10.2. The first-order valence-corrected chi connectivity index (χ1v) is 8.25. The number of aromatic nitrogens is 1. The Hall–Kier alpha value is -1.35. The Morgan fingerprint density at radius 1 is 1.14 bits per heavy atom. The summed E-state index contributed by atoms with van der Waals surface area (Å²) in [5, 5.41) is 3.23. The maximum Gasteiger partial charge on any atom is 0.257 e. The van der Waals surface area contributed by atoms with Crippen LogP contribution in [0.5, 0.6) is 11.6 Å². The number of ether oxygens (including phenoxy) is 2. The lowest BCUT2D eigenvalue weighted by Crippen LogP contribution is -2.32.